The van der Waals surface area contributed by atoms with E-state index in [1.165, 1.54) is 10.4 Å². The van der Waals surface area contributed by atoms with Gasteiger partial charge in [0.05, 0.1) is 4.90 Å². The monoisotopic (exact) mass is 288 g/mol. The topological polar surface area (TPSA) is 63.4 Å². The highest BCUT2D eigenvalue weighted by atomic mass is 35.5. The second-order valence-electron chi connectivity index (χ2n) is 4.56. The van der Waals surface area contributed by atoms with Crippen molar-refractivity contribution in [1.29, 1.82) is 0 Å². The number of halogens is 1. The van der Waals surface area contributed by atoms with Gasteiger partial charge in [0.2, 0.25) is 10.0 Å². The third-order valence-corrected chi connectivity index (χ3v) is 5.78. The van der Waals surface area contributed by atoms with Crippen LogP contribution in [0.4, 0.5) is 0 Å². The van der Waals surface area contributed by atoms with Crippen molar-refractivity contribution in [2.75, 3.05) is 7.05 Å². The van der Waals surface area contributed by atoms with Crippen LogP contribution in [-0.4, -0.2) is 25.8 Å². The molecule has 0 radical (unpaired) electrons. The van der Waals surface area contributed by atoms with E-state index in [-0.39, 0.29) is 17.5 Å². The smallest absolute Gasteiger partial charge is 0.243 e. The summed E-state index contributed by atoms with van der Waals surface area (Å²) >= 11 is 5.94. The van der Waals surface area contributed by atoms with Crippen LogP contribution in [0.25, 0.3) is 0 Å². The number of hydrogen-bond donors (Lipinski definition) is 1. The molecule has 0 bridgehead atoms. The highest BCUT2D eigenvalue weighted by molar-refractivity contribution is 7.89. The van der Waals surface area contributed by atoms with Gasteiger partial charge in [0.15, 0.2) is 0 Å². The van der Waals surface area contributed by atoms with Gasteiger partial charge in [-0.3, -0.25) is 0 Å². The lowest BCUT2D eigenvalue weighted by Crippen LogP contribution is -2.41. The molecule has 6 heteroatoms. The summed E-state index contributed by atoms with van der Waals surface area (Å²) in [4.78, 5) is 0.266. The summed E-state index contributed by atoms with van der Waals surface area (Å²) in [6, 6.07) is 4.82. The Morgan fingerprint density at radius 1 is 1.44 bits per heavy atom. The Hall–Kier alpha value is -0.620. The van der Waals surface area contributed by atoms with E-state index in [0.29, 0.717) is 10.6 Å². The van der Waals surface area contributed by atoms with E-state index in [1.54, 1.807) is 19.2 Å². The molecule has 4 nitrogen and oxygen atoms in total. The first kappa shape index (κ1) is 13.8. The molecule has 100 valence electrons. The Morgan fingerprint density at radius 2 is 2.11 bits per heavy atom. The summed E-state index contributed by atoms with van der Waals surface area (Å²) in [6.07, 6.45) is 2.97. The van der Waals surface area contributed by atoms with Crippen LogP contribution in [0.15, 0.2) is 23.1 Å². The molecular weight excluding hydrogens is 272 g/mol. The molecule has 1 aliphatic carbocycles. The molecule has 0 spiro atoms. The molecule has 18 heavy (non-hydrogen) atoms. The third-order valence-electron chi connectivity index (χ3n) is 3.50. The maximum atomic E-state index is 12.4. The quantitative estimate of drug-likeness (QED) is 0.921. The molecule has 1 aliphatic rings. The van der Waals surface area contributed by atoms with Crippen molar-refractivity contribution >= 4 is 21.6 Å². The molecule has 0 amide bonds. The SMILES string of the molecule is CN(C1CCC1)S(=O)(=O)c1ccc(Cl)c(CN)c1. The fraction of sp³-hybridized carbons (Fsp3) is 0.500. The van der Waals surface area contributed by atoms with Gasteiger partial charge >= 0.3 is 0 Å². The van der Waals surface area contributed by atoms with Crippen molar-refractivity contribution in [1.82, 2.24) is 4.31 Å². The predicted octanol–water partition coefficient (Wildman–Crippen LogP) is 1.97. The number of benzene rings is 1. The molecule has 1 aromatic rings. The van der Waals surface area contributed by atoms with E-state index in [9.17, 15) is 8.42 Å². The van der Waals surface area contributed by atoms with Crippen molar-refractivity contribution in [3.63, 3.8) is 0 Å². The predicted molar refractivity (Wildman–Crippen MR) is 71.9 cm³/mol. The molecular formula is C12H17ClN2O2S. The largest absolute Gasteiger partial charge is 0.326 e. The average Bonchev–Trinajstić information content (AvgIpc) is 2.27. The molecule has 1 fully saturated rings. The average molecular weight is 289 g/mol. The van der Waals surface area contributed by atoms with Gasteiger partial charge < -0.3 is 5.73 Å². The lowest BCUT2D eigenvalue weighted by molar-refractivity contribution is 0.249. The second-order valence-corrected chi connectivity index (χ2v) is 6.97. The molecule has 0 unspecified atom stereocenters. The Balaban J connectivity index is 2.34. The zero-order chi connectivity index (χ0) is 13.3. The molecule has 0 aliphatic heterocycles. The molecule has 1 aromatic carbocycles. The van der Waals surface area contributed by atoms with E-state index in [0.717, 1.165) is 19.3 Å². The number of hydrogen-bond acceptors (Lipinski definition) is 3. The summed E-state index contributed by atoms with van der Waals surface area (Å²) in [6.45, 7) is 0.231. The highest BCUT2D eigenvalue weighted by Gasteiger charge is 2.31. The number of nitrogens with zero attached hydrogens (tertiary/aromatic N) is 1. The first-order valence-corrected chi connectivity index (χ1v) is 7.75. The van der Waals surface area contributed by atoms with Crippen LogP contribution in [0.1, 0.15) is 24.8 Å². The zero-order valence-corrected chi connectivity index (χ0v) is 11.8. The van der Waals surface area contributed by atoms with Crippen molar-refractivity contribution in [2.45, 2.75) is 36.7 Å². The Bertz CT molecular complexity index is 541. The standard InChI is InChI=1S/C12H17ClN2O2S/c1-15(10-3-2-4-10)18(16,17)11-5-6-12(13)9(7-11)8-14/h5-7,10H,2-4,8,14H2,1H3. The molecule has 0 atom stereocenters. The van der Waals surface area contributed by atoms with Crippen molar-refractivity contribution in [3.05, 3.63) is 28.8 Å². The fourth-order valence-corrected chi connectivity index (χ4v) is 3.64. The number of sulfonamides is 1. The summed E-state index contributed by atoms with van der Waals surface area (Å²) in [5.74, 6) is 0. The van der Waals surface area contributed by atoms with Crippen LogP contribution in [0.3, 0.4) is 0 Å². The summed E-state index contributed by atoms with van der Waals surface area (Å²) in [7, 11) is -1.79. The van der Waals surface area contributed by atoms with Crippen molar-refractivity contribution in [3.8, 4) is 0 Å². The molecule has 2 N–H and O–H groups in total. The van der Waals surface area contributed by atoms with Crippen molar-refractivity contribution in [2.24, 2.45) is 5.73 Å². The van der Waals surface area contributed by atoms with Gasteiger partial charge in [-0.25, -0.2) is 8.42 Å². The number of nitrogens with two attached hydrogens (primary N) is 1. The van der Waals surface area contributed by atoms with E-state index in [2.05, 4.69) is 0 Å². The van der Waals surface area contributed by atoms with Crippen LogP contribution in [0.2, 0.25) is 5.02 Å². The van der Waals surface area contributed by atoms with Crippen LogP contribution >= 0.6 is 11.6 Å². The van der Waals surface area contributed by atoms with E-state index >= 15 is 0 Å². The Kier molecular flexibility index (Phi) is 3.96. The van der Waals surface area contributed by atoms with Gasteiger partial charge in [-0.2, -0.15) is 4.31 Å². The lowest BCUT2D eigenvalue weighted by Gasteiger charge is -2.33. The van der Waals surface area contributed by atoms with Crippen LogP contribution in [0, 0.1) is 0 Å². The second kappa shape index (κ2) is 5.17. The van der Waals surface area contributed by atoms with Gasteiger partial charge in [0.1, 0.15) is 0 Å². The molecule has 0 saturated heterocycles. The minimum atomic E-state index is -3.43. The third kappa shape index (κ3) is 2.40. The summed E-state index contributed by atoms with van der Waals surface area (Å²) < 4.78 is 26.2. The molecule has 0 heterocycles. The van der Waals surface area contributed by atoms with Gasteiger partial charge in [-0.05, 0) is 36.6 Å². The minimum Gasteiger partial charge on any atom is -0.326 e. The van der Waals surface area contributed by atoms with Gasteiger partial charge in [-0.1, -0.05) is 18.0 Å². The van der Waals surface area contributed by atoms with Crippen LogP contribution < -0.4 is 5.73 Å². The molecule has 2 rings (SSSR count). The van der Waals surface area contributed by atoms with Crippen LogP contribution in [-0.2, 0) is 16.6 Å². The minimum absolute atomic E-state index is 0.131. The summed E-state index contributed by atoms with van der Waals surface area (Å²) in [5, 5.41) is 0.503. The molecule has 1 saturated carbocycles. The lowest BCUT2D eigenvalue weighted by atomic mass is 9.94. The van der Waals surface area contributed by atoms with E-state index in [4.69, 9.17) is 17.3 Å². The van der Waals surface area contributed by atoms with Crippen molar-refractivity contribution < 1.29 is 8.42 Å². The first-order valence-electron chi connectivity index (χ1n) is 5.93. The Labute approximate surface area is 113 Å². The van der Waals surface area contributed by atoms with E-state index < -0.39 is 10.0 Å². The number of rotatable bonds is 4. The normalized spacial score (nSPS) is 16.9. The van der Waals surface area contributed by atoms with Gasteiger partial charge in [-0.15, -0.1) is 0 Å². The highest BCUT2D eigenvalue weighted by Crippen LogP contribution is 2.29. The van der Waals surface area contributed by atoms with Crippen LogP contribution in [0.5, 0.6) is 0 Å². The molecule has 0 aromatic heterocycles. The van der Waals surface area contributed by atoms with E-state index in [1.807, 2.05) is 0 Å². The summed E-state index contributed by atoms with van der Waals surface area (Å²) in [5.41, 5.74) is 6.20. The zero-order valence-electron chi connectivity index (χ0n) is 10.3. The van der Waals surface area contributed by atoms with Gasteiger partial charge in [0, 0.05) is 24.7 Å². The maximum absolute atomic E-state index is 12.4. The first-order chi connectivity index (χ1) is 8.46. The maximum Gasteiger partial charge on any atom is 0.243 e. The van der Waals surface area contributed by atoms with Gasteiger partial charge in [0.25, 0.3) is 0 Å². The fourth-order valence-electron chi connectivity index (χ4n) is 1.98. The Morgan fingerprint density at radius 3 is 2.61 bits per heavy atom.